The van der Waals surface area contributed by atoms with Crippen LogP contribution < -0.4 is 10.1 Å². The Balaban J connectivity index is 1.74. The number of carbonyl (C=O) groups is 1. The summed E-state index contributed by atoms with van der Waals surface area (Å²) in [6, 6.07) is 14.9. The summed E-state index contributed by atoms with van der Waals surface area (Å²) in [5.74, 6) is -0.331. The zero-order valence-electron chi connectivity index (χ0n) is 14.9. The summed E-state index contributed by atoms with van der Waals surface area (Å²) in [6.45, 7) is 0.573. The van der Waals surface area contributed by atoms with Gasteiger partial charge in [0, 0.05) is 6.54 Å². The number of carboxylic acid groups (broad SMARTS) is 1. The van der Waals surface area contributed by atoms with Gasteiger partial charge in [-0.15, -0.1) is 5.10 Å². The van der Waals surface area contributed by atoms with E-state index >= 15 is 0 Å². The third-order valence-electron chi connectivity index (χ3n) is 4.13. The minimum absolute atomic E-state index is 0.0702. The van der Waals surface area contributed by atoms with Gasteiger partial charge in [-0.1, -0.05) is 36.4 Å². The number of fused-ring (bicyclic) bond motifs is 1. The van der Waals surface area contributed by atoms with Crippen LogP contribution in [0.4, 0.5) is 5.82 Å². The zero-order chi connectivity index (χ0) is 19.5. The van der Waals surface area contributed by atoms with Gasteiger partial charge in [-0.2, -0.15) is 15.1 Å². The standard InChI is InChI=1S/C19H16N6O3/c1-28-19-23-16-13(17(26)27)8-5-9-14(16)25(19)18-22-15(11-21-24-18)20-10-12-6-3-2-4-7-12/h2-9,11H,10H2,1H3,(H,26,27)(H,20,22,24). The van der Waals surface area contributed by atoms with Crippen molar-refractivity contribution in [1.82, 2.24) is 24.7 Å². The number of nitrogens with zero attached hydrogens (tertiary/aromatic N) is 5. The second-order valence-corrected chi connectivity index (χ2v) is 5.89. The van der Waals surface area contributed by atoms with Crippen LogP contribution in [0.1, 0.15) is 15.9 Å². The zero-order valence-corrected chi connectivity index (χ0v) is 14.9. The molecule has 0 unspecified atom stereocenters. The number of methoxy groups -OCH3 is 1. The number of aromatic nitrogens is 5. The van der Waals surface area contributed by atoms with E-state index in [1.54, 1.807) is 12.1 Å². The van der Waals surface area contributed by atoms with Gasteiger partial charge in [0.1, 0.15) is 5.52 Å². The molecule has 0 spiro atoms. The van der Waals surface area contributed by atoms with E-state index in [0.29, 0.717) is 17.9 Å². The number of ether oxygens (including phenoxy) is 1. The van der Waals surface area contributed by atoms with E-state index in [4.69, 9.17) is 4.74 Å². The van der Waals surface area contributed by atoms with Crippen molar-refractivity contribution in [3.8, 4) is 12.0 Å². The average molecular weight is 376 g/mol. The lowest BCUT2D eigenvalue weighted by Crippen LogP contribution is -2.08. The number of hydrogen-bond donors (Lipinski definition) is 2. The maximum Gasteiger partial charge on any atom is 0.337 e. The van der Waals surface area contributed by atoms with Gasteiger partial charge in [0.2, 0.25) is 0 Å². The van der Waals surface area contributed by atoms with Crippen molar-refractivity contribution in [3.63, 3.8) is 0 Å². The van der Waals surface area contributed by atoms with Crippen LogP contribution in [0.3, 0.4) is 0 Å². The molecule has 0 radical (unpaired) electrons. The Bertz CT molecular complexity index is 1140. The van der Waals surface area contributed by atoms with Crippen molar-refractivity contribution < 1.29 is 14.6 Å². The average Bonchev–Trinajstić information content (AvgIpc) is 3.12. The predicted octanol–water partition coefficient (Wildman–Crippen LogP) is 2.53. The van der Waals surface area contributed by atoms with Gasteiger partial charge in [0.25, 0.3) is 5.95 Å². The molecule has 28 heavy (non-hydrogen) atoms. The summed E-state index contributed by atoms with van der Waals surface area (Å²) < 4.78 is 6.85. The number of rotatable bonds is 6. The van der Waals surface area contributed by atoms with Crippen LogP contribution in [-0.2, 0) is 6.54 Å². The molecular formula is C19H16N6O3. The molecule has 2 aromatic heterocycles. The van der Waals surface area contributed by atoms with E-state index in [-0.39, 0.29) is 23.0 Å². The second kappa shape index (κ2) is 7.31. The highest BCUT2D eigenvalue weighted by atomic mass is 16.5. The number of anilines is 1. The smallest absolute Gasteiger partial charge is 0.337 e. The van der Waals surface area contributed by atoms with Gasteiger partial charge in [-0.25, -0.2) is 9.36 Å². The lowest BCUT2D eigenvalue weighted by molar-refractivity contribution is 0.0699. The van der Waals surface area contributed by atoms with Crippen LogP contribution in [0.15, 0.2) is 54.7 Å². The largest absolute Gasteiger partial charge is 0.478 e. The fraction of sp³-hybridized carbons (Fsp3) is 0.105. The van der Waals surface area contributed by atoms with Crippen LogP contribution in [-0.4, -0.2) is 42.9 Å². The number of hydrogen-bond acceptors (Lipinski definition) is 7. The Morgan fingerprint density at radius 1 is 1.14 bits per heavy atom. The van der Waals surface area contributed by atoms with Crippen LogP contribution >= 0.6 is 0 Å². The molecular weight excluding hydrogens is 360 g/mol. The second-order valence-electron chi connectivity index (χ2n) is 5.89. The highest BCUT2D eigenvalue weighted by molar-refractivity contribution is 6.01. The molecule has 2 heterocycles. The Morgan fingerprint density at radius 2 is 1.96 bits per heavy atom. The summed E-state index contributed by atoms with van der Waals surface area (Å²) >= 11 is 0. The number of carboxylic acids is 1. The molecule has 2 N–H and O–H groups in total. The summed E-state index contributed by atoms with van der Waals surface area (Å²) in [5, 5.41) is 20.7. The molecule has 0 aliphatic heterocycles. The van der Waals surface area contributed by atoms with Gasteiger partial charge in [0.05, 0.1) is 24.4 Å². The van der Waals surface area contributed by atoms with Crippen molar-refractivity contribution in [2.24, 2.45) is 0 Å². The van der Waals surface area contributed by atoms with E-state index in [9.17, 15) is 9.90 Å². The fourth-order valence-corrected chi connectivity index (χ4v) is 2.84. The molecule has 0 fully saturated rings. The fourth-order valence-electron chi connectivity index (χ4n) is 2.84. The first-order valence-electron chi connectivity index (χ1n) is 8.44. The first-order chi connectivity index (χ1) is 13.7. The maximum absolute atomic E-state index is 11.5. The maximum atomic E-state index is 11.5. The van der Waals surface area contributed by atoms with Crippen molar-refractivity contribution in [3.05, 3.63) is 65.9 Å². The third-order valence-corrected chi connectivity index (χ3v) is 4.13. The molecule has 140 valence electrons. The lowest BCUT2D eigenvalue weighted by atomic mass is 10.2. The van der Waals surface area contributed by atoms with E-state index in [2.05, 4.69) is 25.5 Å². The Hall–Kier alpha value is -4.01. The molecule has 9 heteroatoms. The molecule has 0 saturated carbocycles. The molecule has 0 aliphatic rings. The van der Waals surface area contributed by atoms with Crippen LogP contribution in [0, 0.1) is 0 Å². The highest BCUT2D eigenvalue weighted by Crippen LogP contribution is 2.27. The van der Waals surface area contributed by atoms with Crippen molar-refractivity contribution in [2.45, 2.75) is 6.54 Å². The Morgan fingerprint density at radius 3 is 2.71 bits per heavy atom. The molecule has 9 nitrogen and oxygen atoms in total. The minimum atomic E-state index is -1.07. The highest BCUT2D eigenvalue weighted by Gasteiger charge is 2.20. The first kappa shape index (κ1) is 17.4. The SMILES string of the molecule is COc1nc2c(C(=O)O)cccc2n1-c1nncc(NCc2ccccc2)n1. The minimum Gasteiger partial charge on any atom is -0.478 e. The van der Waals surface area contributed by atoms with Crippen molar-refractivity contribution in [1.29, 1.82) is 0 Å². The monoisotopic (exact) mass is 376 g/mol. The summed E-state index contributed by atoms with van der Waals surface area (Å²) in [6.07, 6.45) is 1.51. The molecule has 0 aliphatic carbocycles. The molecule has 4 aromatic rings. The van der Waals surface area contributed by atoms with Gasteiger partial charge in [0.15, 0.2) is 5.82 Å². The summed E-state index contributed by atoms with van der Waals surface area (Å²) in [5.41, 5.74) is 1.97. The predicted molar refractivity (Wildman–Crippen MR) is 102 cm³/mol. The van der Waals surface area contributed by atoms with Gasteiger partial charge in [-0.3, -0.25) is 0 Å². The summed E-state index contributed by atoms with van der Waals surface area (Å²) in [7, 11) is 1.45. The van der Waals surface area contributed by atoms with E-state index in [1.165, 1.54) is 23.9 Å². The quantitative estimate of drug-likeness (QED) is 0.527. The molecule has 4 rings (SSSR count). The molecule has 0 atom stereocenters. The number of imidazole rings is 1. The van der Waals surface area contributed by atoms with Gasteiger partial charge in [-0.05, 0) is 17.7 Å². The lowest BCUT2D eigenvalue weighted by Gasteiger charge is -2.08. The van der Waals surface area contributed by atoms with E-state index in [1.807, 2.05) is 30.3 Å². The molecule has 0 bridgehead atoms. The Kier molecular flexibility index (Phi) is 4.55. The molecule has 2 aromatic carbocycles. The van der Waals surface area contributed by atoms with Crippen molar-refractivity contribution >= 4 is 22.8 Å². The number of para-hydroxylation sites is 1. The van der Waals surface area contributed by atoms with E-state index in [0.717, 1.165) is 5.56 Å². The molecule has 0 saturated heterocycles. The van der Waals surface area contributed by atoms with E-state index < -0.39 is 5.97 Å². The number of benzene rings is 2. The number of aromatic carboxylic acids is 1. The van der Waals surface area contributed by atoms with Gasteiger partial charge < -0.3 is 15.2 Å². The third kappa shape index (κ3) is 3.20. The summed E-state index contributed by atoms with van der Waals surface area (Å²) in [4.78, 5) is 20.2. The topological polar surface area (TPSA) is 115 Å². The first-order valence-corrected chi connectivity index (χ1v) is 8.44. The normalized spacial score (nSPS) is 10.8. The van der Waals surface area contributed by atoms with Gasteiger partial charge >= 0.3 is 12.0 Å². The van der Waals surface area contributed by atoms with Crippen LogP contribution in [0.25, 0.3) is 17.0 Å². The van der Waals surface area contributed by atoms with Crippen molar-refractivity contribution in [2.75, 3.05) is 12.4 Å². The van der Waals surface area contributed by atoms with Crippen LogP contribution in [0.5, 0.6) is 6.01 Å². The van der Waals surface area contributed by atoms with Crippen LogP contribution in [0.2, 0.25) is 0 Å². The number of nitrogens with one attached hydrogen (secondary N) is 1. The molecule has 0 amide bonds. The Labute approximate surface area is 159 Å².